The summed E-state index contributed by atoms with van der Waals surface area (Å²) in [6, 6.07) is 3.83. The number of hydrogen-bond donors (Lipinski definition) is 2. The summed E-state index contributed by atoms with van der Waals surface area (Å²) in [6.45, 7) is 4.68. The zero-order valence-electron chi connectivity index (χ0n) is 9.70. The average Bonchev–Trinajstić information content (AvgIpc) is 2.32. The molecule has 4 heteroatoms. The first-order chi connectivity index (χ1) is 7.75. The van der Waals surface area contributed by atoms with Crippen LogP contribution in [0.15, 0.2) is 12.1 Å². The Balaban J connectivity index is 1.86. The predicted molar refractivity (Wildman–Crippen MR) is 65.4 cm³/mol. The Bertz CT molecular complexity index is 348. The molecule has 0 saturated carbocycles. The van der Waals surface area contributed by atoms with Crippen molar-refractivity contribution in [3.8, 4) is 0 Å². The van der Waals surface area contributed by atoms with Crippen LogP contribution in [0.2, 0.25) is 0 Å². The quantitative estimate of drug-likeness (QED) is 0.817. The second-order valence-electron chi connectivity index (χ2n) is 4.31. The van der Waals surface area contributed by atoms with E-state index in [0.29, 0.717) is 5.92 Å². The van der Waals surface area contributed by atoms with Crippen LogP contribution in [0, 0.1) is 12.8 Å². The molecule has 16 heavy (non-hydrogen) atoms. The summed E-state index contributed by atoms with van der Waals surface area (Å²) in [5, 5.41) is 3.36. The minimum absolute atomic E-state index is 0.702. The first-order valence-electron chi connectivity index (χ1n) is 5.80. The number of aromatic nitrogens is 1. The zero-order valence-corrected chi connectivity index (χ0v) is 9.70. The highest BCUT2D eigenvalue weighted by Crippen LogP contribution is 2.16. The fourth-order valence-corrected chi connectivity index (χ4v) is 1.87. The molecule has 1 aliphatic heterocycles. The SMILES string of the molecule is Cc1nc(NCC2CCOCC2)ccc1N. The molecule has 1 aromatic rings. The summed E-state index contributed by atoms with van der Waals surface area (Å²) < 4.78 is 5.33. The Kier molecular flexibility index (Phi) is 3.62. The lowest BCUT2D eigenvalue weighted by Crippen LogP contribution is -2.23. The van der Waals surface area contributed by atoms with Crippen molar-refractivity contribution >= 4 is 11.5 Å². The van der Waals surface area contributed by atoms with Gasteiger partial charge < -0.3 is 15.8 Å². The van der Waals surface area contributed by atoms with Gasteiger partial charge in [-0.15, -0.1) is 0 Å². The van der Waals surface area contributed by atoms with Crippen molar-refractivity contribution in [2.45, 2.75) is 19.8 Å². The topological polar surface area (TPSA) is 60.2 Å². The van der Waals surface area contributed by atoms with Crippen LogP contribution in [-0.2, 0) is 4.74 Å². The summed E-state index contributed by atoms with van der Waals surface area (Å²) in [7, 11) is 0. The molecular formula is C12H19N3O. The van der Waals surface area contributed by atoms with E-state index in [2.05, 4.69) is 10.3 Å². The number of hydrogen-bond acceptors (Lipinski definition) is 4. The number of pyridine rings is 1. The Labute approximate surface area is 96.2 Å². The number of nitrogens with one attached hydrogen (secondary N) is 1. The van der Waals surface area contributed by atoms with Crippen LogP contribution < -0.4 is 11.1 Å². The molecule has 0 spiro atoms. The first-order valence-corrected chi connectivity index (χ1v) is 5.80. The van der Waals surface area contributed by atoms with Crippen molar-refractivity contribution in [2.24, 2.45) is 5.92 Å². The maximum Gasteiger partial charge on any atom is 0.126 e. The number of aryl methyl sites for hydroxylation is 1. The number of rotatable bonds is 3. The van der Waals surface area contributed by atoms with E-state index in [1.54, 1.807) is 0 Å². The van der Waals surface area contributed by atoms with Crippen LogP contribution in [0.25, 0.3) is 0 Å². The molecule has 88 valence electrons. The summed E-state index contributed by atoms with van der Waals surface area (Å²) >= 11 is 0. The van der Waals surface area contributed by atoms with Gasteiger partial charge >= 0.3 is 0 Å². The van der Waals surface area contributed by atoms with Gasteiger partial charge in [0, 0.05) is 19.8 Å². The minimum Gasteiger partial charge on any atom is -0.397 e. The van der Waals surface area contributed by atoms with E-state index in [4.69, 9.17) is 10.5 Å². The van der Waals surface area contributed by atoms with Crippen molar-refractivity contribution in [2.75, 3.05) is 30.8 Å². The van der Waals surface area contributed by atoms with Crippen LogP contribution in [0.3, 0.4) is 0 Å². The van der Waals surface area contributed by atoms with Gasteiger partial charge in [-0.1, -0.05) is 0 Å². The number of ether oxygens (including phenoxy) is 1. The molecule has 0 aromatic carbocycles. The third kappa shape index (κ3) is 2.85. The molecule has 0 bridgehead atoms. The van der Waals surface area contributed by atoms with Gasteiger partial charge in [-0.2, -0.15) is 0 Å². The molecule has 0 atom stereocenters. The van der Waals surface area contributed by atoms with Crippen molar-refractivity contribution in [1.82, 2.24) is 4.98 Å². The summed E-state index contributed by atoms with van der Waals surface area (Å²) in [5.41, 5.74) is 7.35. The van der Waals surface area contributed by atoms with E-state index in [9.17, 15) is 0 Å². The second kappa shape index (κ2) is 5.16. The summed E-state index contributed by atoms with van der Waals surface area (Å²) in [4.78, 5) is 4.39. The monoisotopic (exact) mass is 221 g/mol. The van der Waals surface area contributed by atoms with E-state index >= 15 is 0 Å². The highest BCUT2D eigenvalue weighted by molar-refractivity contribution is 5.48. The number of nitrogens with zero attached hydrogens (tertiary/aromatic N) is 1. The number of nitrogens with two attached hydrogens (primary N) is 1. The molecular weight excluding hydrogens is 202 g/mol. The van der Waals surface area contributed by atoms with E-state index < -0.39 is 0 Å². The number of anilines is 2. The lowest BCUT2D eigenvalue weighted by molar-refractivity contribution is 0.0699. The van der Waals surface area contributed by atoms with Gasteiger partial charge in [0.05, 0.1) is 11.4 Å². The molecule has 0 aliphatic carbocycles. The molecule has 0 radical (unpaired) electrons. The Morgan fingerprint density at radius 2 is 2.19 bits per heavy atom. The summed E-state index contributed by atoms with van der Waals surface area (Å²) in [6.07, 6.45) is 2.28. The molecule has 1 fully saturated rings. The minimum atomic E-state index is 0.702. The van der Waals surface area contributed by atoms with Crippen LogP contribution in [-0.4, -0.2) is 24.7 Å². The first kappa shape index (κ1) is 11.2. The predicted octanol–water partition coefficient (Wildman–Crippen LogP) is 1.81. The van der Waals surface area contributed by atoms with Gasteiger partial charge in [0.2, 0.25) is 0 Å². The second-order valence-corrected chi connectivity index (χ2v) is 4.31. The Morgan fingerprint density at radius 1 is 1.44 bits per heavy atom. The highest BCUT2D eigenvalue weighted by atomic mass is 16.5. The lowest BCUT2D eigenvalue weighted by atomic mass is 10.0. The van der Waals surface area contributed by atoms with E-state index in [1.165, 1.54) is 0 Å². The molecule has 1 aromatic heterocycles. The standard InChI is InChI=1S/C12H19N3O/c1-9-11(13)2-3-12(15-9)14-8-10-4-6-16-7-5-10/h2-3,10H,4-8,13H2,1H3,(H,14,15). The molecule has 1 aliphatic rings. The van der Waals surface area contributed by atoms with Crippen molar-refractivity contribution < 1.29 is 4.74 Å². The molecule has 4 nitrogen and oxygen atoms in total. The fraction of sp³-hybridized carbons (Fsp3) is 0.583. The van der Waals surface area contributed by atoms with Crippen molar-refractivity contribution in [3.05, 3.63) is 17.8 Å². The Morgan fingerprint density at radius 3 is 2.88 bits per heavy atom. The van der Waals surface area contributed by atoms with Gasteiger partial charge in [-0.3, -0.25) is 0 Å². The highest BCUT2D eigenvalue weighted by Gasteiger charge is 2.13. The van der Waals surface area contributed by atoms with Gasteiger partial charge in [0.15, 0.2) is 0 Å². The molecule has 2 rings (SSSR count). The van der Waals surface area contributed by atoms with Crippen LogP contribution in [0.4, 0.5) is 11.5 Å². The molecule has 2 heterocycles. The lowest BCUT2D eigenvalue weighted by Gasteiger charge is -2.22. The maximum atomic E-state index is 5.72. The molecule has 3 N–H and O–H groups in total. The van der Waals surface area contributed by atoms with Crippen molar-refractivity contribution in [3.63, 3.8) is 0 Å². The maximum absolute atomic E-state index is 5.72. The molecule has 0 unspecified atom stereocenters. The largest absolute Gasteiger partial charge is 0.397 e. The van der Waals surface area contributed by atoms with Crippen LogP contribution in [0.1, 0.15) is 18.5 Å². The van der Waals surface area contributed by atoms with E-state index in [1.807, 2.05) is 19.1 Å². The van der Waals surface area contributed by atoms with Gasteiger partial charge in [-0.25, -0.2) is 4.98 Å². The molecule has 1 saturated heterocycles. The normalized spacial score (nSPS) is 17.3. The van der Waals surface area contributed by atoms with Gasteiger partial charge in [-0.05, 0) is 37.8 Å². The molecule has 0 amide bonds. The van der Waals surface area contributed by atoms with Crippen LogP contribution >= 0.6 is 0 Å². The van der Waals surface area contributed by atoms with E-state index in [-0.39, 0.29) is 0 Å². The van der Waals surface area contributed by atoms with Gasteiger partial charge in [0.25, 0.3) is 0 Å². The fourth-order valence-electron chi connectivity index (χ4n) is 1.87. The van der Waals surface area contributed by atoms with Gasteiger partial charge in [0.1, 0.15) is 5.82 Å². The zero-order chi connectivity index (χ0) is 11.4. The summed E-state index contributed by atoms with van der Waals surface area (Å²) in [5.74, 6) is 1.62. The van der Waals surface area contributed by atoms with E-state index in [0.717, 1.165) is 49.8 Å². The van der Waals surface area contributed by atoms with Crippen LogP contribution in [0.5, 0.6) is 0 Å². The average molecular weight is 221 g/mol. The number of nitrogen functional groups attached to an aromatic ring is 1. The smallest absolute Gasteiger partial charge is 0.126 e. The van der Waals surface area contributed by atoms with Crippen molar-refractivity contribution in [1.29, 1.82) is 0 Å². The third-order valence-corrected chi connectivity index (χ3v) is 3.04. The third-order valence-electron chi connectivity index (χ3n) is 3.04. The Hall–Kier alpha value is -1.29.